The average Bonchev–Trinajstić information content (AvgIpc) is 3.04. The summed E-state index contributed by atoms with van der Waals surface area (Å²) in [4.78, 5) is 19.2. The van der Waals surface area contributed by atoms with Crippen molar-refractivity contribution < 1.29 is 19.0 Å². The second-order valence-corrected chi connectivity index (χ2v) is 4.08. The maximum Gasteiger partial charge on any atom is 0.343 e. The molecule has 0 radical (unpaired) electrons. The lowest BCUT2D eigenvalue weighted by Gasteiger charge is -2.11. The molecule has 21 heavy (non-hydrogen) atoms. The molecule has 2 aromatic rings. The van der Waals surface area contributed by atoms with E-state index in [1.54, 1.807) is 18.3 Å². The highest BCUT2D eigenvalue weighted by molar-refractivity contribution is 5.97. The van der Waals surface area contributed by atoms with Crippen LogP contribution in [-0.4, -0.2) is 37.3 Å². The number of esters is 1. The van der Waals surface area contributed by atoms with Crippen LogP contribution in [0.4, 0.5) is 0 Å². The summed E-state index contributed by atoms with van der Waals surface area (Å²) in [5, 5.41) is 0. The molecule has 0 bridgehead atoms. The zero-order valence-electron chi connectivity index (χ0n) is 12.0. The number of aromatic nitrogens is 2. The van der Waals surface area contributed by atoms with Crippen molar-refractivity contribution in [3.05, 3.63) is 41.3 Å². The minimum absolute atomic E-state index is 0.253. The molecule has 0 atom stereocenters. The number of hydrogen-bond donors (Lipinski definition) is 1. The van der Waals surface area contributed by atoms with Crippen molar-refractivity contribution >= 4 is 18.1 Å². The first-order valence-corrected chi connectivity index (χ1v) is 6.22. The van der Waals surface area contributed by atoms with Gasteiger partial charge in [-0.1, -0.05) is 0 Å². The molecule has 0 saturated carbocycles. The van der Waals surface area contributed by atoms with Gasteiger partial charge in [0.2, 0.25) is 5.88 Å². The van der Waals surface area contributed by atoms with Crippen molar-refractivity contribution in [1.29, 1.82) is 0 Å². The molecule has 0 spiro atoms. The number of ether oxygens (including phenoxy) is 3. The second kappa shape index (κ2) is 6.60. The van der Waals surface area contributed by atoms with Crippen molar-refractivity contribution in [2.45, 2.75) is 0 Å². The number of aromatic amines is 1. The minimum atomic E-state index is -0.520. The van der Waals surface area contributed by atoms with Gasteiger partial charge in [0.15, 0.2) is 0 Å². The molecule has 6 nitrogen and oxygen atoms in total. The number of methoxy groups -OCH3 is 3. The molecule has 0 aliphatic carbocycles. The Labute approximate surface area is 122 Å². The van der Waals surface area contributed by atoms with Crippen molar-refractivity contribution in [3.63, 3.8) is 0 Å². The molecule has 0 saturated heterocycles. The highest BCUT2D eigenvalue weighted by atomic mass is 16.5. The maximum atomic E-state index is 12.0. The topological polar surface area (TPSA) is 73.4 Å². The fraction of sp³-hybridized carbons (Fsp3) is 0.200. The smallest absolute Gasteiger partial charge is 0.343 e. The van der Waals surface area contributed by atoms with Gasteiger partial charge in [0, 0.05) is 18.0 Å². The van der Waals surface area contributed by atoms with Gasteiger partial charge in [0.25, 0.3) is 0 Å². The number of H-pyrrole nitrogens is 1. The van der Waals surface area contributed by atoms with E-state index >= 15 is 0 Å². The Morgan fingerprint density at radius 1 is 1.24 bits per heavy atom. The van der Waals surface area contributed by atoms with Crippen molar-refractivity contribution in [3.8, 4) is 11.6 Å². The summed E-state index contributed by atoms with van der Waals surface area (Å²) in [6.45, 7) is 0. The highest BCUT2D eigenvalue weighted by Crippen LogP contribution is 2.27. The van der Waals surface area contributed by atoms with E-state index in [1.807, 2.05) is 12.1 Å². The van der Waals surface area contributed by atoms with Gasteiger partial charge in [-0.3, -0.25) is 0 Å². The lowest BCUT2D eigenvalue weighted by molar-refractivity contribution is 0.0596. The van der Waals surface area contributed by atoms with Crippen LogP contribution in [0, 0.1) is 0 Å². The van der Waals surface area contributed by atoms with Crippen LogP contribution >= 0.6 is 0 Å². The van der Waals surface area contributed by atoms with Crippen LogP contribution in [-0.2, 0) is 4.74 Å². The second-order valence-electron chi connectivity index (χ2n) is 4.08. The molecule has 2 rings (SSSR count). The summed E-state index contributed by atoms with van der Waals surface area (Å²) in [5.41, 5.74) is 1.55. The van der Waals surface area contributed by atoms with Crippen molar-refractivity contribution in [2.24, 2.45) is 0 Å². The Hall–Kier alpha value is -2.76. The molecular formula is C15H16N2O4. The Morgan fingerprint density at radius 2 is 2.05 bits per heavy atom. The first-order valence-electron chi connectivity index (χ1n) is 6.22. The molecule has 2 aromatic heterocycles. The Bertz CT molecular complexity index is 648. The molecule has 0 unspecified atom stereocenters. The van der Waals surface area contributed by atoms with E-state index in [9.17, 15) is 4.79 Å². The predicted molar refractivity (Wildman–Crippen MR) is 78.4 cm³/mol. The van der Waals surface area contributed by atoms with Crippen LogP contribution in [0.1, 0.15) is 21.7 Å². The first-order chi connectivity index (χ1) is 10.2. The molecule has 6 heteroatoms. The zero-order valence-corrected chi connectivity index (χ0v) is 12.0. The normalized spacial score (nSPS) is 10.6. The van der Waals surface area contributed by atoms with Gasteiger partial charge in [-0.05, 0) is 24.3 Å². The third-order valence-corrected chi connectivity index (χ3v) is 2.85. The fourth-order valence-electron chi connectivity index (χ4n) is 1.83. The Balaban J connectivity index is 2.52. The van der Waals surface area contributed by atoms with E-state index in [4.69, 9.17) is 14.2 Å². The number of carbonyl (C=O) groups excluding carboxylic acids is 1. The van der Waals surface area contributed by atoms with E-state index in [1.165, 1.54) is 27.4 Å². The predicted octanol–water partition coefficient (Wildman–Crippen LogP) is 2.38. The molecule has 0 fully saturated rings. The summed E-state index contributed by atoms with van der Waals surface area (Å²) in [6, 6.07) is 5.31. The average molecular weight is 288 g/mol. The summed E-state index contributed by atoms with van der Waals surface area (Å²) < 4.78 is 15.1. The largest absolute Gasteiger partial charge is 0.496 e. The molecule has 0 aliphatic rings. The SMILES string of the molecule is COC(=O)c1c(OC)cc(OC)nc1/C=C/c1ccc[nH]1. The number of rotatable bonds is 5. The van der Waals surface area contributed by atoms with E-state index in [0.29, 0.717) is 17.3 Å². The van der Waals surface area contributed by atoms with Crippen LogP contribution < -0.4 is 9.47 Å². The van der Waals surface area contributed by atoms with E-state index in [-0.39, 0.29) is 5.56 Å². The Kier molecular flexibility index (Phi) is 4.61. The highest BCUT2D eigenvalue weighted by Gasteiger charge is 2.20. The van der Waals surface area contributed by atoms with Gasteiger partial charge < -0.3 is 19.2 Å². The van der Waals surface area contributed by atoms with E-state index < -0.39 is 5.97 Å². The standard InChI is InChI=1S/C15H16N2O4/c1-19-12-9-13(20-2)17-11(14(12)15(18)21-3)7-6-10-5-4-8-16-10/h4-9,16H,1-3H3/b7-6+. The number of pyridine rings is 1. The first kappa shape index (κ1) is 14.6. The van der Waals surface area contributed by atoms with Gasteiger partial charge in [-0.15, -0.1) is 0 Å². The number of nitrogens with zero attached hydrogens (tertiary/aromatic N) is 1. The van der Waals surface area contributed by atoms with Crippen LogP contribution in [0.25, 0.3) is 12.2 Å². The lowest BCUT2D eigenvalue weighted by atomic mass is 10.1. The molecule has 0 aliphatic heterocycles. The van der Waals surface area contributed by atoms with Crippen LogP contribution in [0.15, 0.2) is 24.4 Å². The molecule has 2 heterocycles. The summed E-state index contributed by atoms with van der Waals surface area (Å²) in [5.74, 6) is 0.179. The molecule has 0 aromatic carbocycles. The molecule has 0 amide bonds. The zero-order chi connectivity index (χ0) is 15.2. The van der Waals surface area contributed by atoms with Gasteiger partial charge in [0.05, 0.1) is 27.0 Å². The quantitative estimate of drug-likeness (QED) is 0.855. The minimum Gasteiger partial charge on any atom is -0.496 e. The fourth-order valence-corrected chi connectivity index (χ4v) is 1.83. The summed E-state index contributed by atoms with van der Waals surface area (Å²) in [7, 11) is 4.28. The summed E-state index contributed by atoms with van der Waals surface area (Å²) >= 11 is 0. The van der Waals surface area contributed by atoms with Gasteiger partial charge >= 0.3 is 5.97 Å². The third kappa shape index (κ3) is 3.22. The molecule has 1 N–H and O–H groups in total. The maximum absolute atomic E-state index is 12.0. The van der Waals surface area contributed by atoms with Crippen LogP contribution in [0.3, 0.4) is 0 Å². The number of carbonyl (C=O) groups is 1. The number of nitrogens with one attached hydrogen (secondary N) is 1. The number of hydrogen-bond acceptors (Lipinski definition) is 5. The van der Waals surface area contributed by atoms with E-state index in [0.717, 1.165) is 5.69 Å². The van der Waals surface area contributed by atoms with Gasteiger partial charge in [-0.2, -0.15) is 0 Å². The van der Waals surface area contributed by atoms with E-state index in [2.05, 4.69) is 9.97 Å². The molecule has 110 valence electrons. The van der Waals surface area contributed by atoms with Crippen molar-refractivity contribution in [2.75, 3.05) is 21.3 Å². The van der Waals surface area contributed by atoms with Crippen LogP contribution in [0.2, 0.25) is 0 Å². The van der Waals surface area contributed by atoms with Gasteiger partial charge in [0.1, 0.15) is 11.3 Å². The summed E-state index contributed by atoms with van der Waals surface area (Å²) in [6.07, 6.45) is 5.30. The Morgan fingerprint density at radius 3 is 2.62 bits per heavy atom. The molecular weight excluding hydrogens is 272 g/mol. The van der Waals surface area contributed by atoms with Gasteiger partial charge in [-0.25, -0.2) is 9.78 Å². The monoisotopic (exact) mass is 288 g/mol. The van der Waals surface area contributed by atoms with Crippen molar-refractivity contribution in [1.82, 2.24) is 9.97 Å². The third-order valence-electron chi connectivity index (χ3n) is 2.85. The van der Waals surface area contributed by atoms with Crippen LogP contribution in [0.5, 0.6) is 11.6 Å². The lowest BCUT2D eigenvalue weighted by Crippen LogP contribution is -2.09.